The third kappa shape index (κ3) is 4.56. The molecule has 0 bridgehead atoms. The number of hydrogen-bond acceptors (Lipinski definition) is 6. The second-order valence-electron chi connectivity index (χ2n) is 7.59. The summed E-state index contributed by atoms with van der Waals surface area (Å²) in [5.74, 6) is 0.262. The Morgan fingerprint density at radius 2 is 1.97 bits per heavy atom. The lowest BCUT2D eigenvalue weighted by molar-refractivity contribution is -0.121. The van der Waals surface area contributed by atoms with Crippen molar-refractivity contribution in [3.63, 3.8) is 0 Å². The first-order chi connectivity index (χ1) is 15.4. The summed E-state index contributed by atoms with van der Waals surface area (Å²) >= 11 is 0. The van der Waals surface area contributed by atoms with Gasteiger partial charge in [-0.2, -0.15) is 4.31 Å². The van der Waals surface area contributed by atoms with Gasteiger partial charge in [0.25, 0.3) is 5.91 Å². The summed E-state index contributed by atoms with van der Waals surface area (Å²) < 4.78 is 38.4. The molecule has 2 aromatic carbocycles. The summed E-state index contributed by atoms with van der Waals surface area (Å²) in [7, 11) is -3.76. The van der Waals surface area contributed by atoms with Gasteiger partial charge in [-0.1, -0.05) is 12.1 Å². The van der Waals surface area contributed by atoms with E-state index in [1.165, 1.54) is 22.5 Å². The van der Waals surface area contributed by atoms with E-state index in [1.54, 1.807) is 12.1 Å². The van der Waals surface area contributed by atoms with E-state index in [1.807, 2.05) is 19.1 Å². The van der Waals surface area contributed by atoms with Crippen molar-refractivity contribution in [1.82, 2.24) is 4.31 Å². The highest BCUT2D eigenvalue weighted by molar-refractivity contribution is 7.89. The van der Waals surface area contributed by atoms with E-state index in [0.717, 1.165) is 0 Å². The van der Waals surface area contributed by atoms with Gasteiger partial charge < -0.3 is 20.1 Å². The number of fused-ring (bicyclic) bond motifs is 1. The second kappa shape index (κ2) is 9.17. The minimum atomic E-state index is -3.76. The van der Waals surface area contributed by atoms with Crippen molar-refractivity contribution in [2.75, 3.05) is 36.9 Å². The number of ether oxygens (including phenoxy) is 2. The fraction of sp³-hybridized carbons (Fsp3) is 0.364. The minimum Gasteiger partial charge on any atom is -0.492 e. The summed E-state index contributed by atoms with van der Waals surface area (Å²) in [4.78, 5) is 24.4. The van der Waals surface area contributed by atoms with Crippen molar-refractivity contribution in [2.45, 2.75) is 24.7 Å². The maximum absolute atomic E-state index is 13.1. The maximum Gasteiger partial charge on any atom is 0.262 e. The van der Waals surface area contributed by atoms with Gasteiger partial charge in [-0.25, -0.2) is 8.42 Å². The van der Waals surface area contributed by atoms with Crippen molar-refractivity contribution in [3.05, 3.63) is 42.5 Å². The monoisotopic (exact) mass is 459 g/mol. The molecule has 0 aliphatic carbocycles. The van der Waals surface area contributed by atoms with Crippen LogP contribution in [-0.4, -0.2) is 50.8 Å². The molecule has 4 rings (SSSR count). The Kier molecular flexibility index (Phi) is 6.33. The zero-order valence-corrected chi connectivity index (χ0v) is 18.5. The Hall–Kier alpha value is -3.11. The lowest BCUT2D eigenvalue weighted by atomic mass is 9.97. The molecule has 2 aliphatic heterocycles. The number of nitrogens with zero attached hydrogens (tertiary/aromatic N) is 1. The number of nitrogens with one attached hydrogen (secondary N) is 2. The first-order valence-corrected chi connectivity index (χ1v) is 11.9. The Bertz CT molecular complexity index is 1130. The van der Waals surface area contributed by atoms with E-state index in [9.17, 15) is 18.0 Å². The summed E-state index contributed by atoms with van der Waals surface area (Å²) in [5.41, 5.74) is 0.942. The molecule has 2 aromatic rings. The average Bonchev–Trinajstić information content (AvgIpc) is 2.80. The summed E-state index contributed by atoms with van der Waals surface area (Å²) in [5, 5.41) is 5.53. The molecule has 2 amide bonds. The van der Waals surface area contributed by atoms with E-state index in [2.05, 4.69) is 10.6 Å². The van der Waals surface area contributed by atoms with Crippen LogP contribution in [0.25, 0.3) is 0 Å². The minimum absolute atomic E-state index is 0.0793. The second-order valence-corrected chi connectivity index (χ2v) is 9.53. The van der Waals surface area contributed by atoms with Crippen LogP contribution in [0, 0.1) is 5.92 Å². The SMILES string of the molecule is CCOc1ccccc1NC(=O)C1CCN(S(=O)(=O)c2ccc3c(c2)NC(=O)CO3)CC1. The van der Waals surface area contributed by atoms with Crippen LogP contribution < -0.4 is 20.1 Å². The zero-order chi connectivity index (χ0) is 22.7. The van der Waals surface area contributed by atoms with Crippen molar-refractivity contribution in [3.8, 4) is 11.5 Å². The van der Waals surface area contributed by atoms with E-state index in [4.69, 9.17) is 9.47 Å². The van der Waals surface area contributed by atoms with Gasteiger partial charge in [-0.05, 0) is 50.1 Å². The fourth-order valence-corrected chi connectivity index (χ4v) is 5.31. The van der Waals surface area contributed by atoms with Gasteiger partial charge >= 0.3 is 0 Å². The fourth-order valence-electron chi connectivity index (χ4n) is 3.82. The average molecular weight is 460 g/mol. The first-order valence-electron chi connectivity index (χ1n) is 10.5. The maximum atomic E-state index is 13.1. The molecule has 170 valence electrons. The Morgan fingerprint density at radius 3 is 2.72 bits per heavy atom. The molecule has 2 aliphatic rings. The number of anilines is 2. The van der Waals surface area contributed by atoms with E-state index in [-0.39, 0.29) is 42.3 Å². The van der Waals surface area contributed by atoms with Crippen LogP contribution in [0.3, 0.4) is 0 Å². The van der Waals surface area contributed by atoms with E-state index < -0.39 is 10.0 Å². The lowest BCUT2D eigenvalue weighted by Gasteiger charge is -2.31. The van der Waals surface area contributed by atoms with Crippen LogP contribution in [0.1, 0.15) is 19.8 Å². The Labute approximate surface area is 186 Å². The molecule has 0 atom stereocenters. The van der Waals surface area contributed by atoms with Crippen LogP contribution in [-0.2, 0) is 19.6 Å². The number of sulfonamides is 1. The number of para-hydroxylation sites is 2. The quantitative estimate of drug-likeness (QED) is 0.686. The third-order valence-electron chi connectivity index (χ3n) is 5.49. The molecule has 9 nitrogen and oxygen atoms in total. The van der Waals surface area contributed by atoms with Crippen molar-refractivity contribution in [1.29, 1.82) is 0 Å². The topological polar surface area (TPSA) is 114 Å². The number of rotatable bonds is 6. The molecular formula is C22H25N3O6S. The molecule has 0 unspecified atom stereocenters. The molecule has 10 heteroatoms. The van der Waals surface area contributed by atoms with Gasteiger partial charge in [0, 0.05) is 19.0 Å². The number of amides is 2. The van der Waals surface area contributed by atoms with Crippen molar-refractivity contribution >= 4 is 33.2 Å². The van der Waals surface area contributed by atoms with E-state index in [0.29, 0.717) is 42.3 Å². The van der Waals surface area contributed by atoms with Gasteiger partial charge in [0.2, 0.25) is 15.9 Å². The van der Waals surface area contributed by atoms with Gasteiger partial charge in [0.1, 0.15) is 11.5 Å². The van der Waals surface area contributed by atoms with Crippen LogP contribution in [0.5, 0.6) is 11.5 Å². The number of carbonyl (C=O) groups excluding carboxylic acids is 2. The van der Waals surface area contributed by atoms with Gasteiger partial charge in [-0.15, -0.1) is 0 Å². The molecule has 0 radical (unpaired) electrons. The summed E-state index contributed by atoms with van der Waals surface area (Å²) in [6.07, 6.45) is 0.819. The molecular weight excluding hydrogens is 434 g/mol. The molecule has 0 spiro atoms. The zero-order valence-electron chi connectivity index (χ0n) is 17.7. The van der Waals surface area contributed by atoms with Crippen LogP contribution >= 0.6 is 0 Å². The van der Waals surface area contributed by atoms with Gasteiger partial charge in [-0.3, -0.25) is 9.59 Å². The van der Waals surface area contributed by atoms with Crippen LogP contribution in [0.4, 0.5) is 11.4 Å². The standard InChI is InChI=1S/C22H25N3O6S/c1-2-30-19-6-4-3-5-17(19)24-22(27)15-9-11-25(12-10-15)32(28,29)16-7-8-20-18(13-16)23-21(26)14-31-20/h3-8,13,15H,2,9-12,14H2,1H3,(H,23,26)(H,24,27). The number of hydrogen-bond donors (Lipinski definition) is 2. The highest BCUT2D eigenvalue weighted by Gasteiger charge is 2.33. The van der Waals surface area contributed by atoms with E-state index >= 15 is 0 Å². The normalized spacial score (nSPS) is 17.1. The molecule has 32 heavy (non-hydrogen) atoms. The molecule has 1 fully saturated rings. The highest BCUT2D eigenvalue weighted by atomic mass is 32.2. The summed E-state index contributed by atoms with van der Waals surface area (Å²) in [6.45, 7) is 2.73. The molecule has 2 heterocycles. The Balaban J connectivity index is 1.40. The van der Waals surface area contributed by atoms with Crippen molar-refractivity contribution < 1.29 is 27.5 Å². The molecule has 0 saturated carbocycles. The predicted octanol–water partition coefficient (Wildman–Crippen LogP) is 2.46. The van der Waals surface area contributed by atoms with Gasteiger partial charge in [0.05, 0.1) is 22.9 Å². The predicted molar refractivity (Wildman–Crippen MR) is 118 cm³/mol. The number of carbonyl (C=O) groups is 2. The molecule has 2 N–H and O–H groups in total. The third-order valence-corrected chi connectivity index (χ3v) is 7.39. The number of benzene rings is 2. The largest absolute Gasteiger partial charge is 0.492 e. The highest BCUT2D eigenvalue weighted by Crippen LogP contribution is 2.33. The smallest absolute Gasteiger partial charge is 0.262 e. The van der Waals surface area contributed by atoms with Crippen molar-refractivity contribution in [2.24, 2.45) is 5.92 Å². The number of piperidine rings is 1. The van der Waals surface area contributed by atoms with Crippen LogP contribution in [0.2, 0.25) is 0 Å². The first kappa shape index (κ1) is 22.1. The Morgan fingerprint density at radius 1 is 1.22 bits per heavy atom. The molecule has 1 saturated heterocycles. The van der Waals surface area contributed by atoms with Gasteiger partial charge in [0.15, 0.2) is 6.61 Å². The van der Waals surface area contributed by atoms with Crippen LogP contribution in [0.15, 0.2) is 47.4 Å². The molecule has 0 aromatic heterocycles. The lowest BCUT2D eigenvalue weighted by Crippen LogP contribution is -2.41. The summed E-state index contributed by atoms with van der Waals surface area (Å²) in [6, 6.07) is 11.6.